The van der Waals surface area contributed by atoms with Crippen molar-refractivity contribution in [1.82, 2.24) is 4.90 Å². The summed E-state index contributed by atoms with van der Waals surface area (Å²) in [6, 6.07) is 18.6. The molecule has 24 heavy (non-hydrogen) atoms. The van der Waals surface area contributed by atoms with Crippen molar-refractivity contribution in [3.63, 3.8) is 0 Å². The summed E-state index contributed by atoms with van der Waals surface area (Å²) in [7, 11) is 3.92. The van der Waals surface area contributed by atoms with Crippen LogP contribution in [0, 0.1) is 0 Å². The first kappa shape index (κ1) is 14.9. The number of nitrogens with zero attached hydrogens (tertiary/aromatic N) is 1. The topological polar surface area (TPSA) is 29.5 Å². The molecule has 0 aliphatic heterocycles. The lowest BCUT2D eigenvalue weighted by molar-refractivity contribution is 0.0484. The van der Waals surface area contributed by atoms with Crippen molar-refractivity contribution in [3.05, 3.63) is 60.2 Å². The lowest BCUT2D eigenvalue weighted by Crippen LogP contribution is -2.20. The summed E-state index contributed by atoms with van der Waals surface area (Å²) in [6.45, 7) is 1.12. The number of hydrogen-bond donors (Lipinski definition) is 0. The quantitative estimate of drug-likeness (QED) is 0.415. The Hall–Kier alpha value is -2.65. The molecule has 0 aromatic heterocycles. The monoisotopic (exact) mass is 317 g/mol. The zero-order chi connectivity index (χ0) is 16.7. The van der Waals surface area contributed by atoms with E-state index in [1.807, 2.05) is 37.2 Å². The number of carbonyl (C=O) groups is 1. The molecule has 4 aromatic rings. The zero-order valence-electron chi connectivity index (χ0n) is 13.9. The van der Waals surface area contributed by atoms with E-state index in [9.17, 15) is 4.79 Å². The van der Waals surface area contributed by atoms with Crippen molar-refractivity contribution in [2.75, 3.05) is 27.2 Å². The van der Waals surface area contributed by atoms with Gasteiger partial charge in [-0.05, 0) is 52.5 Å². The molecule has 0 atom stereocenters. The molecule has 0 bridgehead atoms. The van der Waals surface area contributed by atoms with E-state index < -0.39 is 0 Å². The number of hydrogen-bond acceptors (Lipinski definition) is 3. The Morgan fingerprint density at radius 3 is 2.21 bits per heavy atom. The fourth-order valence-electron chi connectivity index (χ4n) is 3.31. The van der Waals surface area contributed by atoms with Crippen LogP contribution >= 0.6 is 0 Å². The van der Waals surface area contributed by atoms with E-state index in [1.54, 1.807) is 0 Å². The Balaban J connectivity index is 1.86. The van der Waals surface area contributed by atoms with E-state index in [2.05, 4.69) is 36.4 Å². The number of likely N-dealkylation sites (N-methyl/N-ethyl adjacent to an activating group) is 1. The molecule has 0 aliphatic rings. The lowest BCUT2D eigenvalue weighted by Gasteiger charge is -2.14. The van der Waals surface area contributed by atoms with Crippen LogP contribution in [-0.4, -0.2) is 38.1 Å². The van der Waals surface area contributed by atoms with Crippen LogP contribution in [0.2, 0.25) is 0 Å². The summed E-state index contributed by atoms with van der Waals surface area (Å²) in [5, 5.41) is 6.88. The van der Waals surface area contributed by atoms with Gasteiger partial charge in [-0.1, -0.05) is 48.5 Å². The largest absolute Gasteiger partial charge is 0.461 e. The second-order valence-electron chi connectivity index (χ2n) is 6.41. The predicted octanol–water partition coefficient (Wildman–Crippen LogP) is 4.30. The highest BCUT2D eigenvalue weighted by Crippen LogP contribution is 2.35. The van der Waals surface area contributed by atoms with Gasteiger partial charge in [-0.15, -0.1) is 0 Å². The van der Waals surface area contributed by atoms with Gasteiger partial charge in [0.1, 0.15) is 6.61 Å². The standard InChI is InChI=1S/C21H19NO2/c1-22(2)12-13-24-21(23)18-11-9-16-7-6-14-4-3-5-15-8-10-17(18)20(16)19(14)15/h3-11H,12-13H2,1-2H3. The van der Waals surface area contributed by atoms with E-state index in [4.69, 9.17) is 4.74 Å². The minimum Gasteiger partial charge on any atom is -0.461 e. The second-order valence-corrected chi connectivity index (χ2v) is 6.41. The highest BCUT2D eigenvalue weighted by molar-refractivity contribution is 6.25. The molecule has 120 valence electrons. The first-order valence-electron chi connectivity index (χ1n) is 8.13. The minimum atomic E-state index is -0.255. The Morgan fingerprint density at radius 1 is 0.875 bits per heavy atom. The van der Waals surface area contributed by atoms with Crippen LogP contribution in [-0.2, 0) is 4.74 Å². The van der Waals surface area contributed by atoms with E-state index >= 15 is 0 Å². The highest BCUT2D eigenvalue weighted by atomic mass is 16.5. The molecular weight excluding hydrogens is 298 g/mol. The molecule has 4 rings (SSSR count). The van der Waals surface area contributed by atoms with Crippen molar-refractivity contribution in [3.8, 4) is 0 Å². The fraction of sp³-hybridized carbons (Fsp3) is 0.190. The Bertz CT molecular complexity index is 1020. The maximum absolute atomic E-state index is 12.5. The van der Waals surface area contributed by atoms with Gasteiger partial charge < -0.3 is 9.64 Å². The zero-order valence-corrected chi connectivity index (χ0v) is 13.9. The first-order valence-corrected chi connectivity index (χ1v) is 8.13. The van der Waals surface area contributed by atoms with Crippen molar-refractivity contribution in [2.24, 2.45) is 0 Å². The molecule has 3 heteroatoms. The predicted molar refractivity (Wildman–Crippen MR) is 99.0 cm³/mol. The van der Waals surface area contributed by atoms with E-state index in [0.29, 0.717) is 12.2 Å². The molecule has 0 heterocycles. The van der Waals surface area contributed by atoms with Gasteiger partial charge in [0, 0.05) is 6.54 Å². The fourth-order valence-corrected chi connectivity index (χ4v) is 3.31. The van der Waals surface area contributed by atoms with Crippen molar-refractivity contribution in [1.29, 1.82) is 0 Å². The van der Waals surface area contributed by atoms with Gasteiger partial charge >= 0.3 is 5.97 Å². The highest BCUT2D eigenvalue weighted by Gasteiger charge is 2.15. The van der Waals surface area contributed by atoms with Crippen LogP contribution in [0.5, 0.6) is 0 Å². The first-order chi connectivity index (χ1) is 11.6. The van der Waals surface area contributed by atoms with Crippen LogP contribution < -0.4 is 0 Å². The van der Waals surface area contributed by atoms with E-state index in [1.165, 1.54) is 16.2 Å². The number of rotatable bonds is 4. The minimum absolute atomic E-state index is 0.255. The molecule has 0 saturated carbocycles. The van der Waals surface area contributed by atoms with Gasteiger partial charge in [-0.25, -0.2) is 4.79 Å². The summed E-state index contributed by atoms with van der Waals surface area (Å²) in [4.78, 5) is 14.5. The van der Waals surface area contributed by atoms with E-state index in [0.717, 1.165) is 22.7 Å². The third-order valence-corrected chi connectivity index (χ3v) is 4.52. The van der Waals surface area contributed by atoms with Crippen LogP contribution in [0.3, 0.4) is 0 Å². The molecule has 0 saturated heterocycles. The second kappa shape index (κ2) is 5.77. The molecule has 0 N–H and O–H groups in total. The number of carbonyl (C=O) groups excluding carboxylic acids is 1. The summed E-state index contributed by atoms with van der Waals surface area (Å²) in [5.41, 5.74) is 0.638. The summed E-state index contributed by atoms with van der Waals surface area (Å²) < 4.78 is 5.45. The van der Waals surface area contributed by atoms with Crippen LogP contribution in [0.15, 0.2) is 54.6 Å². The van der Waals surface area contributed by atoms with Gasteiger partial charge in [0.25, 0.3) is 0 Å². The third-order valence-electron chi connectivity index (χ3n) is 4.52. The summed E-state index contributed by atoms with van der Waals surface area (Å²) in [5.74, 6) is -0.255. The summed E-state index contributed by atoms with van der Waals surface area (Å²) in [6.07, 6.45) is 0. The molecule has 3 nitrogen and oxygen atoms in total. The van der Waals surface area contributed by atoms with Crippen LogP contribution in [0.4, 0.5) is 0 Å². The van der Waals surface area contributed by atoms with Crippen LogP contribution in [0.25, 0.3) is 32.3 Å². The average Bonchev–Trinajstić information content (AvgIpc) is 2.59. The molecule has 4 aromatic carbocycles. The van der Waals surface area contributed by atoms with Crippen molar-refractivity contribution in [2.45, 2.75) is 0 Å². The van der Waals surface area contributed by atoms with Crippen molar-refractivity contribution >= 4 is 38.3 Å². The maximum Gasteiger partial charge on any atom is 0.338 e. The number of benzene rings is 4. The molecule has 0 radical (unpaired) electrons. The smallest absolute Gasteiger partial charge is 0.338 e. The van der Waals surface area contributed by atoms with Crippen LogP contribution in [0.1, 0.15) is 10.4 Å². The van der Waals surface area contributed by atoms with Gasteiger partial charge in [0.15, 0.2) is 0 Å². The van der Waals surface area contributed by atoms with Crippen molar-refractivity contribution < 1.29 is 9.53 Å². The molecule has 0 spiro atoms. The van der Waals surface area contributed by atoms with Gasteiger partial charge in [-0.2, -0.15) is 0 Å². The normalized spacial score (nSPS) is 11.8. The third kappa shape index (κ3) is 2.38. The SMILES string of the molecule is CN(C)CCOC(=O)c1ccc2ccc3cccc4ccc1c2c34. The maximum atomic E-state index is 12.5. The number of esters is 1. The molecule has 0 fully saturated rings. The summed E-state index contributed by atoms with van der Waals surface area (Å²) >= 11 is 0. The Labute approximate surface area is 140 Å². The Morgan fingerprint density at radius 2 is 1.50 bits per heavy atom. The average molecular weight is 317 g/mol. The molecule has 0 aliphatic carbocycles. The Kier molecular flexibility index (Phi) is 3.58. The molecule has 0 amide bonds. The van der Waals surface area contributed by atoms with Gasteiger partial charge in [0.2, 0.25) is 0 Å². The molecular formula is C21H19NO2. The van der Waals surface area contributed by atoms with Gasteiger partial charge in [-0.3, -0.25) is 0 Å². The number of ether oxygens (including phenoxy) is 1. The molecule has 0 unspecified atom stereocenters. The van der Waals surface area contributed by atoms with E-state index in [-0.39, 0.29) is 5.97 Å². The lowest BCUT2D eigenvalue weighted by atomic mass is 9.92. The van der Waals surface area contributed by atoms with Gasteiger partial charge in [0.05, 0.1) is 5.56 Å².